The second-order valence-corrected chi connectivity index (χ2v) is 8.05. The maximum absolute atomic E-state index is 12.7. The summed E-state index contributed by atoms with van der Waals surface area (Å²) in [7, 11) is 0. The van der Waals surface area contributed by atoms with Crippen molar-refractivity contribution in [1.29, 1.82) is 0 Å². The fourth-order valence-corrected chi connectivity index (χ4v) is 3.37. The number of Topliss-reactive ketones (excluding diaryl/α,β-unsaturated/α-hetero) is 1. The van der Waals surface area contributed by atoms with Gasteiger partial charge in [0, 0.05) is 12.5 Å². The van der Waals surface area contributed by atoms with Gasteiger partial charge in [0.05, 0.1) is 23.8 Å². The van der Waals surface area contributed by atoms with E-state index in [9.17, 15) is 9.59 Å². The van der Waals surface area contributed by atoms with Gasteiger partial charge < -0.3 is 5.32 Å². The smallest absolute Gasteiger partial charge is 0.261 e. The van der Waals surface area contributed by atoms with E-state index in [4.69, 9.17) is 0 Å². The molecule has 134 valence electrons. The first-order valence-corrected chi connectivity index (χ1v) is 9.09. The third-order valence-electron chi connectivity index (χ3n) is 4.92. The molecule has 1 aliphatic rings. The Labute approximate surface area is 148 Å². The van der Waals surface area contributed by atoms with Crippen molar-refractivity contribution in [2.75, 3.05) is 6.54 Å². The highest BCUT2D eigenvalue weighted by atomic mass is 16.1. The molecule has 1 atom stereocenters. The lowest BCUT2D eigenvalue weighted by Gasteiger charge is -2.22. The first kappa shape index (κ1) is 17.8. The second kappa shape index (κ2) is 7.08. The quantitative estimate of drug-likeness (QED) is 0.929. The molecule has 5 nitrogen and oxygen atoms in total. The van der Waals surface area contributed by atoms with E-state index in [2.05, 4.69) is 31.1 Å². The number of carbonyl (C=O) groups excluding carboxylic acids is 1. The molecule has 0 spiro atoms. The number of benzene rings is 1. The summed E-state index contributed by atoms with van der Waals surface area (Å²) in [5.74, 6) is 0.0777. The number of carbonyl (C=O) groups is 1. The molecule has 25 heavy (non-hydrogen) atoms. The molecule has 1 aromatic heterocycles. The van der Waals surface area contributed by atoms with Gasteiger partial charge in [0.1, 0.15) is 0 Å². The van der Waals surface area contributed by atoms with Gasteiger partial charge in [0.2, 0.25) is 0 Å². The molecule has 1 saturated heterocycles. The monoisotopic (exact) mass is 341 g/mol. The number of hydrogen-bond donors (Lipinski definition) is 1. The van der Waals surface area contributed by atoms with Gasteiger partial charge >= 0.3 is 0 Å². The third kappa shape index (κ3) is 4.15. The fraction of sp³-hybridized carbons (Fsp3) is 0.550. The Bertz CT molecular complexity index is 827. The molecule has 2 heterocycles. The number of aromatic nitrogens is 2. The van der Waals surface area contributed by atoms with Crippen LogP contribution < -0.4 is 10.9 Å². The number of nitrogens with zero attached hydrogens (tertiary/aromatic N) is 2. The largest absolute Gasteiger partial charge is 0.314 e. The van der Waals surface area contributed by atoms with Gasteiger partial charge in [-0.2, -0.15) is 0 Å². The lowest BCUT2D eigenvalue weighted by atomic mass is 9.86. The Morgan fingerprint density at radius 3 is 2.80 bits per heavy atom. The Kier molecular flexibility index (Phi) is 5.04. The van der Waals surface area contributed by atoms with Crippen molar-refractivity contribution in [2.24, 2.45) is 0 Å². The molecular weight excluding hydrogens is 314 g/mol. The van der Waals surface area contributed by atoms with E-state index in [1.54, 1.807) is 0 Å². The number of nitrogens with one attached hydrogen (secondary N) is 1. The SMILES string of the molecule is CC(C)(C)c1ccc2c(=O)n(CC(=O)C[C@@H]3CCCCN3)cnc2c1. The van der Waals surface area contributed by atoms with Gasteiger partial charge in [-0.05, 0) is 42.5 Å². The first-order valence-electron chi connectivity index (χ1n) is 9.09. The van der Waals surface area contributed by atoms with Crippen molar-refractivity contribution in [3.8, 4) is 0 Å². The average molecular weight is 341 g/mol. The highest BCUT2D eigenvalue weighted by Gasteiger charge is 2.18. The van der Waals surface area contributed by atoms with E-state index in [0.29, 0.717) is 17.3 Å². The Hall–Kier alpha value is -2.01. The normalized spacial score (nSPS) is 18.4. The van der Waals surface area contributed by atoms with E-state index < -0.39 is 0 Å². The topological polar surface area (TPSA) is 64.0 Å². The second-order valence-electron chi connectivity index (χ2n) is 8.05. The van der Waals surface area contributed by atoms with Crippen molar-refractivity contribution in [1.82, 2.24) is 14.9 Å². The van der Waals surface area contributed by atoms with Gasteiger partial charge in [0.25, 0.3) is 5.56 Å². The summed E-state index contributed by atoms with van der Waals surface area (Å²) in [5.41, 5.74) is 1.70. The van der Waals surface area contributed by atoms with Crippen LogP contribution in [0.1, 0.15) is 52.0 Å². The van der Waals surface area contributed by atoms with Crippen molar-refractivity contribution in [3.63, 3.8) is 0 Å². The summed E-state index contributed by atoms with van der Waals surface area (Å²) in [6.45, 7) is 7.47. The van der Waals surface area contributed by atoms with Crippen LogP contribution >= 0.6 is 0 Å². The van der Waals surface area contributed by atoms with Gasteiger partial charge in [-0.3, -0.25) is 14.2 Å². The molecular formula is C20H27N3O2. The van der Waals surface area contributed by atoms with Gasteiger partial charge in [0.15, 0.2) is 5.78 Å². The van der Waals surface area contributed by atoms with E-state index in [-0.39, 0.29) is 29.3 Å². The number of ketones is 1. The molecule has 0 aliphatic carbocycles. The first-order chi connectivity index (χ1) is 11.8. The lowest BCUT2D eigenvalue weighted by Crippen LogP contribution is -2.37. The molecule has 2 aromatic rings. The summed E-state index contributed by atoms with van der Waals surface area (Å²) < 4.78 is 1.43. The molecule has 0 radical (unpaired) electrons. The van der Waals surface area contributed by atoms with Crippen LogP contribution in [0.15, 0.2) is 29.3 Å². The summed E-state index contributed by atoms with van der Waals surface area (Å²) in [6.07, 6.45) is 5.36. The van der Waals surface area contributed by atoms with Gasteiger partial charge in [-0.15, -0.1) is 0 Å². The van der Waals surface area contributed by atoms with Crippen LogP contribution in [-0.4, -0.2) is 27.9 Å². The minimum Gasteiger partial charge on any atom is -0.314 e. The number of piperidine rings is 1. The minimum atomic E-state index is -0.143. The predicted molar refractivity (Wildman–Crippen MR) is 100.0 cm³/mol. The molecule has 0 unspecified atom stereocenters. The molecule has 0 amide bonds. The molecule has 0 bridgehead atoms. The van der Waals surface area contributed by atoms with Crippen LogP contribution in [0, 0.1) is 0 Å². The van der Waals surface area contributed by atoms with E-state index in [1.807, 2.05) is 18.2 Å². The zero-order valence-electron chi connectivity index (χ0n) is 15.3. The maximum Gasteiger partial charge on any atom is 0.261 e. The lowest BCUT2D eigenvalue weighted by molar-refractivity contribution is -0.120. The highest BCUT2D eigenvalue weighted by molar-refractivity contribution is 5.81. The Balaban J connectivity index is 1.79. The summed E-state index contributed by atoms with van der Waals surface area (Å²) in [6, 6.07) is 6.02. The van der Waals surface area contributed by atoms with Crippen molar-refractivity contribution in [2.45, 2.75) is 64.5 Å². The van der Waals surface area contributed by atoms with E-state index >= 15 is 0 Å². The Morgan fingerprint density at radius 1 is 1.32 bits per heavy atom. The van der Waals surface area contributed by atoms with Gasteiger partial charge in [-0.25, -0.2) is 4.98 Å². The zero-order chi connectivity index (χ0) is 18.0. The third-order valence-corrected chi connectivity index (χ3v) is 4.92. The average Bonchev–Trinajstić information content (AvgIpc) is 2.57. The maximum atomic E-state index is 12.7. The summed E-state index contributed by atoms with van der Waals surface area (Å²) in [4.78, 5) is 29.4. The predicted octanol–water partition coefficient (Wildman–Crippen LogP) is 2.80. The van der Waals surface area contributed by atoms with Crippen LogP contribution in [0.5, 0.6) is 0 Å². The number of fused-ring (bicyclic) bond motifs is 1. The summed E-state index contributed by atoms with van der Waals surface area (Å²) in [5, 5.41) is 3.95. The minimum absolute atomic E-state index is 0.00763. The molecule has 1 aromatic carbocycles. The van der Waals surface area contributed by atoms with Crippen LogP contribution in [0.25, 0.3) is 10.9 Å². The highest BCUT2D eigenvalue weighted by Crippen LogP contribution is 2.24. The van der Waals surface area contributed by atoms with E-state index in [0.717, 1.165) is 18.5 Å². The molecule has 1 aliphatic heterocycles. The van der Waals surface area contributed by atoms with Crippen LogP contribution in [0.4, 0.5) is 0 Å². The zero-order valence-corrected chi connectivity index (χ0v) is 15.3. The van der Waals surface area contributed by atoms with Gasteiger partial charge in [-0.1, -0.05) is 33.3 Å². The molecule has 0 saturated carbocycles. The standard InChI is InChI=1S/C20H27N3O2/c1-20(2,3)14-7-8-17-18(10-14)22-13-23(19(17)25)12-16(24)11-15-6-4-5-9-21-15/h7-8,10,13,15,21H,4-6,9,11-12H2,1-3H3/t15-/m0/s1. The molecule has 1 N–H and O–H groups in total. The number of hydrogen-bond acceptors (Lipinski definition) is 4. The fourth-order valence-electron chi connectivity index (χ4n) is 3.37. The van der Waals surface area contributed by atoms with Crippen molar-refractivity contribution >= 4 is 16.7 Å². The van der Waals surface area contributed by atoms with Crippen LogP contribution in [-0.2, 0) is 16.8 Å². The molecule has 3 rings (SSSR count). The van der Waals surface area contributed by atoms with E-state index in [1.165, 1.54) is 23.7 Å². The van der Waals surface area contributed by atoms with Crippen LogP contribution in [0.3, 0.4) is 0 Å². The summed E-state index contributed by atoms with van der Waals surface area (Å²) >= 11 is 0. The molecule has 5 heteroatoms. The number of rotatable bonds is 4. The van der Waals surface area contributed by atoms with Crippen molar-refractivity contribution in [3.05, 3.63) is 40.4 Å². The molecule has 1 fully saturated rings. The van der Waals surface area contributed by atoms with Crippen LogP contribution in [0.2, 0.25) is 0 Å². The Morgan fingerprint density at radius 2 is 2.12 bits per heavy atom. The van der Waals surface area contributed by atoms with Crippen molar-refractivity contribution < 1.29 is 4.79 Å².